The zero-order valence-corrected chi connectivity index (χ0v) is 8.51. The lowest BCUT2D eigenvalue weighted by Crippen LogP contribution is -2.20. The molecule has 0 radical (unpaired) electrons. The van der Waals surface area contributed by atoms with Gasteiger partial charge in [-0.3, -0.25) is 0 Å². The quantitative estimate of drug-likeness (QED) is 0.649. The second-order valence-electron chi connectivity index (χ2n) is 3.83. The highest BCUT2D eigenvalue weighted by Crippen LogP contribution is 2.40. The molecule has 0 aromatic heterocycles. The maximum Gasteiger partial charge on any atom is 0.196 e. The molecule has 1 atom stereocenters. The number of aryl methyl sites for hydroxylation is 1. The summed E-state index contributed by atoms with van der Waals surface area (Å²) in [5.74, 6) is 0. The molecule has 1 heterocycles. The zero-order chi connectivity index (χ0) is 9.54. The molecule has 14 heavy (non-hydrogen) atoms. The molecular formula is C11H11ClN2. The monoisotopic (exact) mass is 206 g/mol. The minimum atomic E-state index is 0.295. The Morgan fingerprint density at radius 3 is 3.29 bits per heavy atom. The van der Waals surface area contributed by atoms with E-state index in [0.29, 0.717) is 11.3 Å². The Morgan fingerprint density at radius 2 is 2.36 bits per heavy atom. The van der Waals surface area contributed by atoms with Gasteiger partial charge in [-0.25, -0.2) is 4.99 Å². The summed E-state index contributed by atoms with van der Waals surface area (Å²) in [6, 6.07) is 6.65. The molecule has 0 spiro atoms. The highest BCUT2D eigenvalue weighted by Gasteiger charge is 2.26. The number of halogens is 1. The first kappa shape index (κ1) is 8.30. The van der Waals surface area contributed by atoms with Crippen molar-refractivity contribution in [2.45, 2.75) is 25.3 Å². The lowest BCUT2D eigenvalue weighted by molar-refractivity contribution is 0.572. The van der Waals surface area contributed by atoms with Crippen LogP contribution in [0, 0.1) is 0 Å². The molecule has 0 fully saturated rings. The molecule has 1 aromatic rings. The second-order valence-corrected chi connectivity index (χ2v) is 4.19. The Hall–Kier alpha value is -1.02. The molecule has 0 bridgehead atoms. The zero-order valence-electron chi connectivity index (χ0n) is 7.76. The van der Waals surface area contributed by atoms with Crippen LogP contribution in [0.1, 0.15) is 30.0 Å². The number of nitrogens with zero attached hydrogens (tertiary/aromatic N) is 1. The summed E-state index contributed by atoms with van der Waals surface area (Å²) in [5.41, 5.74) is 3.94. The Labute approximate surface area is 88.0 Å². The van der Waals surface area contributed by atoms with Crippen LogP contribution in [0.4, 0.5) is 5.69 Å². The Balaban J connectivity index is 2.20. The first-order valence-electron chi connectivity index (χ1n) is 4.97. The maximum atomic E-state index is 5.93. The van der Waals surface area contributed by atoms with Crippen LogP contribution < -0.4 is 5.32 Å². The van der Waals surface area contributed by atoms with Gasteiger partial charge in [0.05, 0.1) is 6.04 Å². The number of benzene rings is 1. The second kappa shape index (κ2) is 2.99. The van der Waals surface area contributed by atoms with Crippen LogP contribution in [0.2, 0.25) is 0 Å². The molecule has 3 rings (SSSR count). The fourth-order valence-electron chi connectivity index (χ4n) is 2.37. The van der Waals surface area contributed by atoms with Crippen LogP contribution in [-0.2, 0) is 6.42 Å². The van der Waals surface area contributed by atoms with Gasteiger partial charge in [-0.1, -0.05) is 12.1 Å². The molecule has 1 N–H and O–H groups in total. The fourth-order valence-corrected chi connectivity index (χ4v) is 2.59. The van der Waals surface area contributed by atoms with E-state index in [2.05, 4.69) is 28.5 Å². The van der Waals surface area contributed by atoms with E-state index in [-0.39, 0.29) is 0 Å². The molecule has 0 amide bonds. The summed E-state index contributed by atoms with van der Waals surface area (Å²) < 4.78 is 0. The molecule has 3 heteroatoms. The average molecular weight is 207 g/mol. The van der Waals surface area contributed by atoms with Gasteiger partial charge in [-0.05, 0) is 42.5 Å². The van der Waals surface area contributed by atoms with Crippen molar-refractivity contribution in [1.82, 2.24) is 0 Å². The van der Waals surface area contributed by atoms with Crippen LogP contribution >= 0.6 is 11.6 Å². The van der Waals surface area contributed by atoms with Crippen LogP contribution in [0.5, 0.6) is 0 Å². The third-order valence-corrected chi connectivity index (χ3v) is 3.15. The Kier molecular flexibility index (Phi) is 1.77. The molecule has 2 aliphatic rings. The molecule has 1 aliphatic carbocycles. The van der Waals surface area contributed by atoms with E-state index >= 15 is 0 Å². The van der Waals surface area contributed by atoms with Crippen molar-refractivity contribution in [2.75, 3.05) is 5.32 Å². The number of amidine groups is 1. The highest BCUT2D eigenvalue weighted by atomic mass is 35.5. The lowest BCUT2D eigenvalue weighted by atomic mass is 9.86. The summed E-state index contributed by atoms with van der Waals surface area (Å²) in [6.45, 7) is 0. The lowest BCUT2D eigenvalue weighted by Gasteiger charge is -2.29. The van der Waals surface area contributed by atoms with E-state index < -0.39 is 0 Å². The minimum absolute atomic E-state index is 0.295. The van der Waals surface area contributed by atoms with E-state index in [1.807, 2.05) is 0 Å². The van der Waals surface area contributed by atoms with Gasteiger partial charge in [-0.2, -0.15) is 0 Å². The minimum Gasteiger partial charge on any atom is -0.330 e. The van der Waals surface area contributed by atoms with E-state index in [1.54, 1.807) is 0 Å². The Bertz CT molecular complexity index is 412. The van der Waals surface area contributed by atoms with Gasteiger partial charge in [0.2, 0.25) is 0 Å². The van der Waals surface area contributed by atoms with Crippen molar-refractivity contribution in [2.24, 2.45) is 4.99 Å². The summed E-state index contributed by atoms with van der Waals surface area (Å²) in [4.78, 5) is 4.43. The number of hydrogen-bond acceptors (Lipinski definition) is 2. The predicted octanol–water partition coefficient (Wildman–Crippen LogP) is 3.08. The van der Waals surface area contributed by atoms with Crippen LogP contribution in [0.25, 0.3) is 0 Å². The van der Waals surface area contributed by atoms with Gasteiger partial charge in [-0.15, -0.1) is 0 Å². The van der Waals surface area contributed by atoms with Crippen molar-refractivity contribution in [3.8, 4) is 0 Å². The average Bonchev–Trinajstić information content (AvgIpc) is 2.18. The van der Waals surface area contributed by atoms with Gasteiger partial charge < -0.3 is 5.32 Å². The third kappa shape index (κ3) is 1.14. The fraction of sp³-hybridized carbons (Fsp3) is 0.364. The number of hydrogen-bond donors (Lipinski definition) is 1. The van der Waals surface area contributed by atoms with Crippen molar-refractivity contribution in [1.29, 1.82) is 0 Å². The summed E-state index contributed by atoms with van der Waals surface area (Å²) >= 11 is 5.93. The summed E-state index contributed by atoms with van der Waals surface area (Å²) in [5, 5.41) is 3.64. The first-order valence-corrected chi connectivity index (χ1v) is 5.34. The normalized spacial score (nSPS) is 23.5. The van der Waals surface area contributed by atoms with Crippen molar-refractivity contribution in [3.63, 3.8) is 0 Å². The smallest absolute Gasteiger partial charge is 0.196 e. The van der Waals surface area contributed by atoms with E-state index in [9.17, 15) is 0 Å². The molecule has 2 nitrogen and oxygen atoms in total. The van der Waals surface area contributed by atoms with Crippen LogP contribution in [0.3, 0.4) is 0 Å². The highest BCUT2D eigenvalue weighted by molar-refractivity contribution is 6.67. The molecule has 0 saturated carbocycles. The molecule has 1 aromatic carbocycles. The van der Waals surface area contributed by atoms with Crippen molar-refractivity contribution < 1.29 is 0 Å². The van der Waals surface area contributed by atoms with Crippen LogP contribution in [-0.4, -0.2) is 5.29 Å². The molecule has 72 valence electrons. The van der Waals surface area contributed by atoms with Crippen LogP contribution in [0.15, 0.2) is 23.2 Å². The Morgan fingerprint density at radius 1 is 1.43 bits per heavy atom. The van der Waals surface area contributed by atoms with E-state index in [4.69, 9.17) is 11.6 Å². The number of aliphatic imine (C=N–C) groups is 1. The van der Waals surface area contributed by atoms with Crippen molar-refractivity contribution >= 4 is 22.6 Å². The molecule has 1 unspecified atom stereocenters. The molecule has 1 aliphatic heterocycles. The summed E-state index contributed by atoms with van der Waals surface area (Å²) in [7, 11) is 0. The first-order chi connectivity index (χ1) is 6.84. The van der Waals surface area contributed by atoms with Gasteiger partial charge in [0.15, 0.2) is 5.29 Å². The van der Waals surface area contributed by atoms with Gasteiger partial charge >= 0.3 is 0 Å². The predicted molar refractivity (Wildman–Crippen MR) is 59.0 cm³/mol. The SMILES string of the molecule is ClC1=NC2CCCc3cccc(c32)N1. The van der Waals surface area contributed by atoms with E-state index in [0.717, 1.165) is 12.1 Å². The topological polar surface area (TPSA) is 24.4 Å². The molecular weight excluding hydrogens is 196 g/mol. The molecule has 0 saturated heterocycles. The van der Waals surface area contributed by atoms with Crippen molar-refractivity contribution in [3.05, 3.63) is 29.3 Å². The number of nitrogens with one attached hydrogen (secondary N) is 1. The largest absolute Gasteiger partial charge is 0.330 e. The maximum absolute atomic E-state index is 5.93. The van der Waals surface area contributed by atoms with Gasteiger partial charge in [0.25, 0.3) is 0 Å². The van der Waals surface area contributed by atoms with Gasteiger partial charge in [0, 0.05) is 11.3 Å². The van der Waals surface area contributed by atoms with E-state index in [1.165, 1.54) is 24.0 Å². The van der Waals surface area contributed by atoms with Gasteiger partial charge in [0.1, 0.15) is 0 Å². The number of rotatable bonds is 0. The third-order valence-electron chi connectivity index (χ3n) is 2.96. The standard InChI is InChI=1S/C11H11ClN2/c12-11-13-8-5-1-3-7-4-2-6-9(14-11)10(7)8/h1,3,5,9H,2,4,6H2,(H,13,14). The summed E-state index contributed by atoms with van der Waals surface area (Å²) in [6.07, 6.45) is 3.52. The number of anilines is 1.